The van der Waals surface area contributed by atoms with E-state index in [1.54, 1.807) is 0 Å². The molecule has 0 aromatic heterocycles. The summed E-state index contributed by atoms with van der Waals surface area (Å²) >= 11 is 0. The first-order valence-corrected chi connectivity index (χ1v) is 7.46. The molecule has 0 spiro atoms. The third-order valence-electron chi connectivity index (χ3n) is 3.67. The highest BCUT2D eigenvalue weighted by Gasteiger charge is 2.16. The summed E-state index contributed by atoms with van der Waals surface area (Å²) in [7, 11) is 4.13. The van der Waals surface area contributed by atoms with Gasteiger partial charge in [-0.25, -0.2) is 0 Å². The molecule has 0 aliphatic rings. The topological polar surface area (TPSA) is 12.5 Å². The smallest absolute Gasteiger partial charge is 0.108 e. The van der Waals surface area contributed by atoms with Crippen molar-refractivity contribution in [2.75, 3.05) is 27.2 Å². The fraction of sp³-hybridized carbons (Fsp3) is 0.368. The second-order valence-corrected chi connectivity index (χ2v) is 5.82. The lowest BCUT2D eigenvalue weighted by Gasteiger charge is -2.22. The van der Waals surface area contributed by atoms with Crippen LogP contribution >= 0.6 is 0 Å². The molecule has 0 bridgehead atoms. The van der Waals surface area contributed by atoms with E-state index >= 15 is 0 Å². The number of rotatable bonds is 6. The molecule has 0 saturated carbocycles. The summed E-state index contributed by atoms with van der Waals surface area (Å²) in [5.41, 5.74) is 5.01. The van der Waals surface area contributed by atoms with Gasteiger partial charge in [-0.3, -0.25) is 0 Å². The van der Waals surface area contributed by atoms with Crippen molar-refractivity contribution < 1.29 is 4.74 Å². The van der Waals surface area contributed by atoms with E-state index in [2.05, 4.69) is 81.4 Å². The SMILES string of the molecule is Cc1ccc(C(OCCN(C)C)c2ccccc2C)cc1. The van der Waals surface area contributed by atoms with E-state index in [4.69, 9.17) is 4.74 Å². The van der Waals surface area contributed by atoms with E-state index in [1.807, 2.05) is 0 Å². The highest BCUT2D eigenvalue weighted by atomic mass is 16.5. The third-order valence-corrected chi connectivity index (χ3v) is 3.67. The summed E-state index contributed by atoms with van der Waals surface area (Å²) in [5, 5.41) is 0. The highest BCUT2D eigenvalue weighted by molar-refractivity contribution is 5.36. The van der Waals surface area contributed by atoms with Crippen LogP contribution in [0, 0.1) is 13.8 Å². The van der Waals surface area contributed by atoms with Crippen LogP contribution in [0.4, 0.5) is 0 Å². The zero-order valence-corrected chi connectivity index (χ0v) is 13.5. The van der Waals surface area contributed by atoms with Crippen molar-refractivity contribution >= 4 is 0 Å². The van der Waals surface area contributed by atoms with Gasteiger partial charge < -0.3 is 9.64 Å². The minimum Gasteiger partial charge on any atom is -0.367 e. The lowest BCUT2D eigenvalue weighted by molar-refractivity contribution is 0.0683. The van der Waals surface area contributed by atoms with E-state index in [-0.39, 0.29) is 6.10 Å². The van der Waals surface area contributed by atoms with Gasteiger partial charge in [0.25, 0.3) is 0 Å². The summed E-state index contributed by atoms with van der Waals surface area (Å²) in [6, 6.07) is 17.1. The maximum absolute atomic E-state index is 6.20. The minimum atomic E-state index is 0.00625. The van der Waals surface area contributed by atoms with Gasteiger partial charge in [0, 0.05) is 6.54 Å². The number of hydrogen-bond acceptors (Lipinski definition) is 2. The monoisotopic (exact) mass is 283 g/mol. The molecule has 0 fully saturated rings. The van der Waals surface area contributed by atoms with Gasteiger partial charge in [-0.1, -0.05) is 54.1 Å². The number of nitrogens with zero attached hydrogens (tertiary/aromatic N) is 1. The van der Waals surface area contributed by atoms with E-state index < -0.39 is 0 Å². The van der Waals surface area contributed by atoms with E-state index in [0.29, 0.717) is 0 Å². The average molecular weight is 283 g/mol. The van der Waals surface area contributed by atoms with Crippen LogP contribution in [0.5, 0.6) is 0 Å². The molecule has 2 heteroatoms. The maximum Gasteiger partial charge on any atom is 0.108 e. The summed E-state index contributed by atoms with van der Waals surface area (Å²) in [5.74, 6) is 0. The Morgan fingerprint density at radius 1 is 0.952 bits per heavy atom. The van der Waals surface area contributed by atoms with Gasteiger partial charge in [0.1, 0.15) is 6.10 Å². The average Bonchev–Trinajstić information content (AvgIpc) is 2.46. The van der Waals surface area contributed by atoms with Crippen LogP contribution in [0.2, 0.25) is 0 Å². The Morgan fingerprint density at radius 3 is 2.24 bits per heavy atom. The zero-order chi connectivity index (χ0) is 15.2. The van der Waals surface area contributed by atoms with Crippen LogP contribution < -0.4 is 0 Å². The molecule has 2 aromatic rings. The van der Waals surface area contributed by atoms with Crippen LogP contribution in [0.25, 0.3) is 0 Å². The van der Waals surface area contributed by atoms with Gasteiger partial charge in [-0.2, -0.15) is 0 Å². The number of likely N-dealkylation sites (N-methyl/N-ethyl adjacent to an activating group) is 1. The van der Waals surface area contributed by atoms with Gasteiger partial charge in [0.2, 0.25) is 0 Å². The van der Waals surface area contributed by atoms with E-state index in [9.17, 15) is 0 Å². The Hall–Kier alpha value is -1.64. The Labute approximate surface area is 128 Å². The summed E-state index contributed by atoms with van der Waals surface area (Å²) in [6.07, 6.45) is 0.00625. The Bertz CT molecular complexity index is 560. The second-order valence-electron chi connectivity index (χ2n) is 5.82. The molecule has 0 aliphatic carbocycles. The number of benzene rings is 2. The molecule has 2 aromatic carbocycles. The summed E-state index contributed by atoms with van der Waals surface area (Å²) < 4.78 is 6.20. The van der Waals surface area contributed by atoms with Gasteiger partial charge >= 0.3 is 0 Å². The largest absolute Gasteiger partial charge is 0.367 e. The summed E-state index contributed by atoms with van der Waals surface area (Å²) in [4.78, 5) is 2.14. The molecule has 2 nitrogen and oxygen atoms in total. The lowest BCUT2D eigenvalue weighted by atomic mass is 9.97. The fourth-order valence-electron chi connectivity index (χ4n) is 2.34. The Balaban J connectivity index is 2.26. The van der Waals surface area contributed by atoms with Crippen molar-refractivity contribution in [2.45, 2.75) is 20.0 Å². The third kappa shape index (κ3) is 4.42. The number of ether oxygens (including phenoxy) is 1. The molecular weight excluding hydrogens is 258 g/mol. The van der Waals surface area contributed by atoms with Crippen LogP contribution in [0.1, 0.15) is 28.4 Å². The molecular formula is C19H25NO. The first-order chi connectivity index (χ1) is 10.1. The first kappa shape index (κ1) is 15.7. The molecule has 2 rings (SSSR count). The molecule has 0 radical (unpaired) electrons. The normalized spacial score (nSPS) is 12.6. The lowest BCUT2D eigenvalue weighted by Crippen LogP contribution is -2.20. The van der Waals surface area contributed by atoms with Crippen LogP contribution in [-0.4, -0.2) is 32.1 Å². The number of hydrogen-bond donors (Lipinski definition) is 0. The molecule has 0 N–H and O–H groups in total. The Kier molecular flexibility index (Phi) is 5.54. The molecule has 1 atom stereocenters. The molecule has 0 amide bonds. The second kappa shape index (κ2) is 7.39. The molecule has 0 saturated heterocycles. The van der Waals surface area contributed by atoms with Crippen molar-refractivity contribution in [3.63, 3.8) is 0 Å². The zero-order valence-electron chi connectivity index (χ0n) is 13.5. The van der Waals surface area contributed by atoms with E-state index in [0.717, 1.165) is 13.2 Å². The molecule has 0 heterocycles. The molecule has 0 aliphatic heterocycles. The van der Waals surface area contributed by atoms with Crippen LogP contribution in [0.3, 0.4) is 0 Å². The van der Waals surface area contributed by atoms with Gasteiger partial charge in [0.05, 0.1) is 6.61 Å². The van der Waals surface area contributed by atoms with Crippen LogP contribution in [0.15, 0.2) is 48.5 Å². The van der Waals surface area contributed by atoms with Crippen molar-refractivity contribution in [2.24, 2.45) is 0 Å². The van der Waals surface area contributed by atoms with Gasteiger partial charge in [0.15, 0.2) is 0 Å². The highest BCUT2D eigenvalue weighted by Crippen LogP contribution is 2.28. The van der Waals surface area contributed by atoms with Crippen molar-refractivity contribution in [3.05, 3.63) is 70.8 Å². The van der Waals surface area contributed by atoms with Gasteiger partial charge in [-0.05, 0) is 44.6 Å². The molecule has 21 heavy (non-hydrogen) atoms. The standard InChI is InChI=1S/C19H25NO/c1-15-9-11-17(12-10-15)19(21-14-13-20(3)4)18-8-6-5-7-16(18)2/h5-12,19H,13-14H2,1-4H3. The fourth-order valence-corrected chi connectivity index (χ4v) is 2.34. The van der Waals surface area contributed by atoms with Crippen molar-refractivity contribution in [1.82, 2.24) is 4.90 Å². The van der Waals surface area contributed by atoms with Crippen LogP contribution in [-0.2, 0) is 4.74 Å². The first-order valence-electron chi connectivity index (χ1n) is 7.46. The molecule has 112 valence electrons. The quantitative estimate of drug-likeness (QED) is 0.795. The Morgan fingerprint density at radius 2 is 1.62 bits per heavy atom. The predicted molar refractivity (Wildman–Crippen MR) is 88.7 cm³/mol. The minimum absolute atomic E-state index is 0.00625. The predicted octanol–water partition coefficient (Wildman–Crippen LogP) is 3.97. The van der Waals surface area contributed by atoms with Crippen molar-refractivity contribution in [3.8, 4) is 0 Å². The van der Waals surface area contributed by atoms with Crippen molar-refractivity contribution in [1.29, 1.82) is 0 Å². The van der Waals surface area contributed by atoms with Gasteiger partial charge in [-0.15, -0.1) is 0 Å². The maximum atomic E-state index is 6.20. The summed E-state index contributed by atoms with van der Waals surface area (Å²) in [6.45, 7) is 5.90. The number of aryl methyl sites for hydroxylation is 2. The van der Waals surface area contributed by atoms with E-state index in [1.165, 1.54) is 22.3 Å². The molecule has 1 unspecified atom stereocenters.